The lowest BCUT2D eigenvalue weighted by Crippen LogP contribution is -2.05. The lowest BCUT2D eigenvalue weighted by Gasteiger charge is -2.07. The van der Waals surface area contributed by atoms with Gasteiger partial charge in [0.25, 0.3) is 0 Å². The van der Waals surface area contributed by atoms with E-state index in [4.69, 9.17) is 0 Å². The number of nitrogens with zero attached hydrogens (tertiary/aromatic N) is 4. The van der Waals surface area contributed by atoms with Crippen LogP contribution in [0.1, 0.15) is 26.1 Å². The average Bonchev–Trinajstić information content (AvgIpc) is 2.92. The lowest BCUT2D eigenvalue weighted by atomic mass is 10.4. The number of aryl methyl sites for hydroxylation is 1. The van der Waals surface area contributed by atoms with Gasteiger partial charge >= 0.3 is 0 Å². The zero-order valence-corrected chi connectivity index (χ0v) is 14.2. The summed E-state index contributed by atoms with van der Waals surface area (Å²) in [6, 6.07) is 1.97. The Labute approximate surface area is 131 Å². The molecule has 0 saturated carbocycles. The Bertz CT molecular complexity index is 558. The molecule has 0 saturated heterocycles. The summed E-state index contributed by atoms with van der Waals surface area (Å²) in [4.78, 5) is 9.01. The van der Waals surface area contributed by atoms with Crippen molar-refractivity contribution < 1.29 is 0 Å². The minimum Gasteiger partial charge on any atom is -0.370 e. The van der Waals surface area contributed by atoms with Gasteiger partial charge in [0.1, 0.15) is 16.7 Å². The van der Waals surface area contributed by atoms with E-state index in [1.165, 1.54) is 0 Å². The zero-order chi connectivity index (χ0) is 14.4. The minimum absolute atomic E-state index is 0.821. The SMILES string of the molecule is CCCNc1cc(Sc2nnc(SC)s2)nc(CC)n1. The van der Waals surface area contributed by atoms with Gasteiger partial charge in [-0.3, -0.25) is 0 Å². The molecule has 5 nitrogen and oxygen atoms in total. The summed E-state index contributed by atoms with van der Waals surface area (Å²) in [6.45, 7) is 5.11. The predicted molar refractivity (Wildman–Crippen MR) is 86.0 cm³/mol. The lowest BCUT2D eigenvalue weighted by molar-refractivity contribution is 0.875. The summed E-state index contributed by atoms with van der Waals surface area (Å²) in [5.74, 6) is 1.74. The molecule has 0 atom stereocenters. The van der Waals surface area contributed by atoms with Crippen LogP contribution in [0.25, 0.3) is 0 Å². The van der Waals surface area contributed by atoms with Crippen LogP contribution in [0.5, 0.6) is 0 Å². The van der Waals surface area contributed by atoms with Crippen LogP contribution in [0.2, 0.25) is 0 Å². The maximum Gasteiger partial charge on any atom is 0.181 e. The standard InChI is InChI=1S/C12H17N5S3/c1-4-6-13-9-7-10(15-8(5-2)14-9)19-12-17-16-11(18-3)20-12/h7H,4-6H2,1-3H3,(H,13,14,15). The van der Waals surface area contributed by atoms with Crippen molar-refractivity contribution in [3.05, 3.63) is 11.9 Å². The zero-order valence-electron chi connectivity index (χ0n) is 11.7. The molecule has 0 aromatic carbocycles. The first-order valence-electron chi connectivity index (χ1n) is 6.42. The van der Waals surface area contributed by atoms with Crippen LogP contribution in [0.4, 0.5) is 5.82 Å². The van der Waals surface area contributed by atoms with Crippen molar-refractivity contribution in [2.45, 2.75) is 40.4 Å². The van der Waals surface area contributed by atoms with Crippen molar-refractivity contribution in [3.8, 4) is 0 Å². The summed E-state index contributed by atoms with van der Waals surface area (Å²) in [7, 11) is 0. The maximum absolute atomic E-state index is 4.53. The second-order valence-electron chi connectivity index (χ2n) is 3.93. The summed E-state index contributed by atoms with van der Waals surface area (Å²) in [5.41, 5.74) is 0. The molecule has 2 heterocycles. The van der Waals surface area contributed by atoms with Crippen LogP contribution in [-0.4, -0.2) is 33.0 Å². The van der Waals surface area contributed by atoms with Crippen LogP contribution in [0.3, 0.4) is 0 Å². The van der Waals surface area contributed by atoms with Crippen molar-refractivity contribution in [1.82, 2.24) is 20.2 Å². The molecule has 2 aromatic rings. The molecular formula is C12H17N5S3. The number of hydrogen-bond acceptors (Lipinski definition) is 8. The first-order valence-corrected chi connectivity index (χ1v) is 9.28. The Morgan fingerprint density at radius 2 is 2.00 bits per heavy atom. The van der Waals surface area contributed by atoms with Crippen molar-refractivity contribution in [3.63, 3.8) is 0 Å². The van der Waals surface area contributed by atoms with Crippen molar-refractivity contribution in [1.29, 1.82) is 0 Å². The minimum atomic E-state index is 0.821. The summed E-state index contributed by atoms with van der Waals surface area (Å²) in [5, 5.41) is 12.5. The van der Waals surface area contributed by atoms with E-state index < -0.39 is 0 Å². The molecule has 0 fully saturated rings. The molecule has 0 aliphatic rings. The number of hydrogen-bond donors (Lipinski definition) is 1. The number of thioether (sulfide) groups is 1. The molecule has 0 aliphatic heterocycles. The van der Waals surface area contributed by atoms with Crippen LogP contribution < -0.4 is 5.32 Å². The molecule has 0 radical (unpaired) electrons. The van der Waals surface area contributed by atoms with E-state index in [2.05, 4.69) is 39.3 Å². The Kier molecular flexibility index (Phi) is 6.06. The smallest absolute Gasteiger partial charge is 0.181 e. The fourth-order valence-electron chi connectivity index (χ4n) is 1.44. The van der Waals surface area contributed by atoms with E-state index in [9.17, 15) is 0 Å². The van der Waals surface area contributed by atoms with Gasteiger partial charge in [0.2, 0.25) is 0 Å². The third-order valence-electron chi connectivity index (χ3n) is 2.38. The molecular weight excluding hydrogens is 310 g/mol. The van der Waals surface area contributed by atoms with Crippen molar-refractivity contribution in [2.24, 2.45) is 0 Å². The van der Waals surface area contributed by atoms with E-state index in [-0.39, 0.29) is 0 Å². The van der Waals surface area contributed by atoms with Crippen molar-refractivity contribution >= 4 is 40.7 Å². The Morgan fingerprint density at radius 3 is 2.65 bits per heavy atom. The molecule has 108 valence electrons. The fourth-order valence-corrected chi connectivity index (χ4v) is 3.84. The Balaban J connectivity index is 2.16. The molecule has 0 spiro atoms. The second-order valence-corrected chi connectivity index (χ2v) is 7.23. The quantitative estimate of drug-likeness (QED) is 0.616. The van der Waals surface area contributed by atoms with Crippen molar-refractivity contribution in [2.75, 3.05) is 18.1 Å². The maximum atomic E-state index is 4.53. The largest absolute Gasteiger partial charge is 0.370 e. The van der Waals surface area contributed by atoms with E-state index in [0.717, 1.165) is 44.7 Å². The van der Waals surface area contributed by atoms with Crippen LogP contribution >= 0.6 is 34.9 Å². The van der Waals surface area contributed by atoms with Gasteiger partial charge in [-0.15, -0.1) is 10.2 Å². The van der Waals surface area contributed by atoms with Gasteiger partial charge in [-0.1, -0.05) is 36.9 Å². The molecule has 0 unspecified atom stereocenters. The summed E-state index contributed by atoms with van der Waals surface area (Å²) >= 11 is 4.74. The summed E-state index contributed by atoms with van der Waals surface area (Å²) < 4.78 is 1.89. The summed E-state index contributed by atoms with van der Waals surface area (Å²) in [6.07, 6.45) is 3.89. The first kappa shape index (κ1) is 15.5. The van der Waals surface area contributed by atoms with E-state index in [1.807, 2.05) is 12.3 Å². The van der Waals surface area contributed by atoms with Gasteiger partial charge < -0.3 is 5.32 Å². The molecule has 0 aliphatic carbocycles. The van der Waals surface area contributed by atoms with E-state index >= 15 is 0 Å². The van der Waals surface area contributed by atoms with Crippen LogP contribution in [0, 0.1) is 0 Å². The fraction of sp³-hybridized carbons (Fsp3) is 0.500. The molecule has 20 heavy (non-hydrogen) atoms. The Hall–Kier alpha value is -0.860. The topological polar surface area (TPSA) is 63.6 Å². The number of nitrogens with one attached hydrogen (secondary N) is 1. The average molecular weight is 328 g/mol. The molecule has 2 aromatic heterocycles. The van der Waals surface area contributed by atoms with Crippen LogP contribution in [0.15, 0.2) is 19.8 Å². The highest BCUT2D eigenvalue weighted by molar-refractivity contribution is 8.02. The highest BCUT2D eigenvalue weighted by atomic mass is 32.2. The highest BCUT2D eigenvalue weighted by Gasteiger charge is 2.09. The van der Waals surface area contributed by atoms with Gasteiger partial charge in [0.15, 0.2) is 8.68 Å². The van der Waals surface area contributed by atoms with E-state index in [0.29, 0.717) is 0 Å². The van der Waals surface area contributed by atoms with Crippen LogP contribution in [-0.2, 0) is 6.42 Å². The van der Waals surface area contributed by atoms with Gasteiger partial charge in [-0.05, 0) is 24.4 Å². The van der Waals surface area contributed by atoms with Gasteiger partial charge in [0.05, 0.1) is 0 Å². The highest BCUT2D eigenvalue weighted by Crippen LogP contribution is 2.32. The number of aromatic nitrogens is 4. The molecule has 0 amide bonds. The molecule has 8 heteroatoms. The third-order valence-corrected chi connectivity index (χ3v) is 5.24. The molecule has 1 N–H and O–H groups in total. The van der Waals surface area contributed by atoms with Gasteiger partial charge in [0, 0.05) is 19.0 Å². The number of anilines is 1. The Morgan fingerprint density at radius 1 is 1.20 bits per heavy atom. The monoisotopic (exact) mass is 327 g/mol. The van der Waals surface area contributed by atoms with Gasteiger partial charge in [-0.2, -0.15) is 0 Å². The number of rotatable bonds is 7. The third kappa shape index (κ3) is 4.32. The molecule has 2 rings (SSSR count). The second kappa shape index (κ2) is 7.80. The molecule has 0 bridgehead atoms. The van der Waals surface area contributed by atoms with Gasteiger partial charge in [-0.25, -0.2) is 9.97 Å². The van der Waals surface area contributed by atoms with E-state index in [1.54, 1.807) is 34.9 Å². The first-order chi connectivity index (χ1) is 9.75. The predicted octanol–water partition coefficient (Wildman–Crippen LogP) is 3.59. The normalized spacial score (nSPS) is 10.8.